The van der Waals surface area contributed by atoms with Gasteiger partial charge in [0.1, 0.15) is 0 Å². The van der Waals surface area contributed by atoms with E-state index < -0.39 is 11.0 Å². The molecule has 2 aromatic rings. The second-order valence-electron chi connectivity index (χ2n) is 8.13. The predicted octanol–water partition coefficient (Wildman–Crippen LogP) is 4.52. The van der Waals surface area contributed by atoms with E-state index in [1.807, 2.05) is 57.2 Å². The van der Waals surface area contributed by atoms with Gasteiger partial charge in [-0.1, -0.05) is 60.7 Å². The SMILES string of the molecule is CC(C)(C)C(=O)OC(c1ccccc1)(c1ccccc1)C1CCNCC1. The lowest BCUT2D eigenvalue weighted by Crippen LogP contribution is -2.47. The van der Waals surface area contributed by atoms with Gasteiger partial charge in [-0.2, -0.15) is 0 Å². The van der Waals surface area contributed by atoms with E-state index in [-0.39, 0.29) is 11.9 Å². The van der Waals surface area contributed by atoms with Crippen molar-refractivity contribution in [1.29, 1.82) is 0 Å². The first-order valence-electron chi connectivity index (χ1n) is 9.50. The molecule has 138 valence electrons. The van der Waals surface area contributed by atoms with Gasteiger partial charge in [-0.05, 0) is 46.7 Å². The molecule has 2 aromatic carbocycles. The van der Waals surface area contributed by atoms with Gasteiger partial charge in [-0.25, -0.2) is 0 Å². The Balaban J connectivity index is 2.18. The van der Waals surface area contributed by atoms with Crippen LogP contribution >= 0.6 is 0 Å². The van der Waals surface area contributed by atoms with Gasteiger partial charge in [0.25, 0.3) is 0 Å². The number of hydrogen-bond acceptors (Lipinski definition) is 3. The lowest BCUT2D eigenvalue weighted by molar-refractivity contribution is -0.173. The van der Waals surface area contributed by atoms with Crippen LogP contribution in [0.25, 0.3) is 0 Å². The minimum atomic E-state index is -0.755. The maximum Gasteiger partial charge on any atom is 0.312 e. The summed E-state index contributed by atoms with van der Waals surface area (Å²) in [5.74, 6) is 0.0728. The maximum absolute atomic E-state index is 13.0. The van der Waals surface area contributed by atoms with Crippen LogP contribution in [0.4, 0.5) is 0 Å². The van der Waals surface area contributed by atoms with E-state index in [1.54, 1.807) is 0 Å². The first kappa shape index (κ1) is 18.7. The third-order valence-corrected chi connectivity index (χ3v) is 5.19. The lowest BCUT2D eigenvalue weighted by Gasteiger charge is -2.44. The average molecular weight is 351 g/mol. The molecule has 1 aliphatic heterocycles. The number of ether oxygens (including phenoxy) is 1. The van der Waals surface area contributed by atoms with E-state index in [9.17, 15) is 4.79 Å². The Bertz CT molecular complexity index is 673. The molecule has 0 bridgehead atoms. The highest BCUT2D eigenvalue weighted by atomic mass is 16.6. The number of hydrogen-bond donors (Lipinski definition) is 1. The molecule has 0 amide bonds. The van der Waals surface area contributed by atoms with E-state index in [2.05, 4.69) is 29.6 Å². The van der Waals surface area contributed by atoms with Crippen molar-refractivity contribution in [2.24, 2.45) is 11.3 Å². The molecule has 1 heterocycles. The van der Waals surface area contributed by atoms with Crippen molar-refractivity contribution in [2.45, 2.75) is 39.2 Å². The van der Waals surface area contributed by atoms with Crippen LogP contribution < -0.4 is 5.32 Å². The number of carbonyl (C=O) groups excluding carboxylic acids is 1. The smallest absolute Gasteiger partial charge is 0.312 e. The highest BCUT2D eigenvalue weighted by molar-refractivity contribution is 5.76. The Morgan fingerprint density at radius 2 is 1.35 bits per heavy atom. The quantitative estimate of drug-likeness (QED) is 0.823. The fraction of sp³-hybridized carbons (Fsp3) is 0.435. The largest absolute Gasteiger partial charge is 0.449 e. The van der Waals surface area contributed by atoms with Crippen LogP contribution in [0.5, 0.6) is 0 Å². The molecule has 1 fully saturated rings. The Kier molecular flexibility index (Phi) is 5.47. The summed E-state index contributed by atoms with van der Waals surface area (Å²) in [4.78, 5) is 13.0. The van der Waals surface area contributed by atoms with Crippen LogP contribution in [-0.4, -0.2) is 19.1 Å². The topological polar surface area (TPSA) is 38.3 Å². The molecule has 0 atom stereocenters. The summed E-state index contributed by atoms with van der Waals surface area (Å²) in [6.45, 7) is 7.63. The first-order chi connectivity index (χ1) is 12.4. The molecule has 3 nitrogen and oxygen atoms in total. The minimum absolute atomic E-state index is 0.163. The molecule has 0 aromatic heterocycles. The molecule has 3 rings (SSSR count). The van der Waals surface area contributed by atoms with Gasteiger partial charge in [-0.15, -0.1) is 0 Å². The number of nitrogens with one attached hydrogen (secondary N) is 1. The number of benzene rings is 2. The normalized spacial score (nSPS) is 16.3. The molecule has 0 unspecified atom stereocenters. The Labute approximate surface area is 156 Å². The number of piperidine rings is 1. The molecule has 0 spiro atoms. The molecule has 0 radical (unpaired) electrons. The van der Waals surface area contributed by atoms with Crippen molar-refractivity contribution in [2.75, 3.05) is 13.1 Å². The van der Waals surface area contributed by atoms with E-state index in [1.165, 1.54) is 0 Å². The summed E-state index contributed by atoms with van der Waals surface area (Å²) < 4.78 is 6.45. The van der Waals surface area contributed by atoms with E-state index in [0.717, 1.165) is 37.1 Å². The van der Waals surface area contributed by atoms with Gasteiger partial charge in [0, 0.05) is 17.0 Å². The summed E-state index contributed by atoms with van der Waals surface area (Å²) in [7, 11) is 0. The zero-order valence-corrected chi connectivity index (χ0v) is 16.0. The third kappa shape index (κ3) is 3.68. The van der Waals surface area contributed by atoms with Crippen molar-refractivity contribution in [3.05, 3.63) is 71.8 Å². The summed E-state index contributed by atoms with van der Waals surface area (Å²) in [5, 5.41) is 3.43. The molecular weight excluding hydrogens is 322 g/mol. The monoisotopic (exact) mass is 351 g/mol. The van der Waals surface area contributed by atoms with Gasteiger partial charge in [0.05, 0.1) is 5.41 Å². The molecule has 0 aliphatic carbocycles. The lowest BCUT2D eigenvalue weighted by atomic mass is 9.71. The Hall–Kier alpha value is -2.13. The fourth-order valence-electron chi connectivity index (χ4n) is 3.74. The maximum atomic E-state index is 13.0. The number of rotatable bonds is 4. The summed E-state index contributed by atoms with van der Waals surface area (Å²) >= 11 is 0. The van der Waals surface area contributed by atoms with Crippen LogP contribution in [0.15, 0.2) is 60.7 Å². The summed E-state index contributed by atoms with van der Waals surface area (Å²) in [5.41, 5.74) is 0.794. The van der Waals surface area contributed by atoms with Crippen LogP contribution in [0, 0.1) is 11.3 Å². The van der Waals surface area contributed by atoms with Crippen molar-refractivity contribution in [3.8, 4) is 0 Å². The van der Waals surface area contributed by atoms with Crippen molar-refractivity contribution < 1.29 is 9.53 Å². The van der Waals surface area contributed by atoms with Crippen LogP contribution in [0.2, 0.25) is 0 Å². The molecule has 1 N–H and O–H groups in total. The van der Waals surface area contributed by atoms with Crippen molar-refractivity contribution >= 4 is 5.97 Å². The molecule has 3 heteroatoms. The second-order valence-corrected chi connectivity index (χ2v) is 8.13. The van der Waals surface area contributed by atoms with Crippen molar-refractivity contribution in [3.63, 3.8) is 0 Å². The molecule has 26 heavy (non-hydrogen) atoms. The van der Waals surface area contributed by atoms with Gasteiger partial charge in [0.2, 0.25) is 0 Å². The van der Waals surface area contributed by atoms with Crippen LogP contribution in [0.1, 0.15) is 44.7 Å². The number of esters is 1. The molecular formula is C23H29NO2. The van der Waals surface area contributed by atoms with Crippen LogP contribution in [-0.2, 0) is 15.1 Å². The second kappa shape index (κ2) is 7.63. The average Bonchev–Trinajstić information content (AvgIpc) is 2.67. The van der Waals surface area contributed by atoms with E-state index in [4.69, 9.17) is 4.74 Å². The Morgan fingerprint density at radius 1 is 0.885 bits per heavy atom. The predicted molar refractivity (Wildman–Crippen MR) is 105 cm³/mol. The number of carbonyl (C=O) groups is 1. The van der Waals surface area contributed by atoms with E-state index >= 15 is 0 Å². The van der Waals surface area contributed by atoms with Gasteiger partial charge < -0.3 is 10.1 Å². The van der Waals surface area contributed by atoms with Gasteiger partial charge in [0.15, 0.2) is 5.60 Å². The zero-order chi connectivity index (χ0) is 18.6. The molecule has 1 aliphatic rings. The van der Waals surface area contributed by atoms with E-state index in [0.29, 0.717) is 0 Å². The van der Waals surface area contributed by atoms with Crippen LogP contribution in [0.3, 0.4) is 0 Å². The molecule has 1 saturated heterocycles. The highest BCUT2D eigenvalue weighted by Gasteiger charge is 2.47. The summed E-state index contributed by atoms with van der Waals surface area (Å²) in [6, 6.07) is 20.5. The first-order valence-corrected chi connectivity index (χ1v) is 9.50. The standard InChI is InChI=1S/C23H29NO2/c1-22(2,3)21(25)26-23(18-10-6-4-7-11-18,19-12-8-5-9-13-19)20-14-16-24-17-15-20/h4-13,20,24H,14-17H2,1-3H3. The molecule has 0 saturated carbocycles. The zero-order valence-electron chi connectivity index (χ0n) is 16.0. The fourth-order valence-corrected chi connectivity index (χ4v) is 3.74. The van der Waals surface area contributed by atoms with Crippen molar-refractivity contribution in [1.82, 2.24) is 5.32 Å². The van der Waals surface area contributed by atoms with Gasteiger partial charge in [-0.3, -0.25) is 4.79 Å². The Morgan fingerprint density at radius 3 is 1.77 bits per heavy atom. The highest BCUT2D eigenvalue weighted by Crippen LogP contribution is 2.45. The minimum Gasteiger partial charge on any atom is -0.449 e. The van der Waals surface area contributed by atoms with Gasteiger partial charge >= 0.3 is 5.97 Å². The summed E-state index contributed by atoms with van der Waals surface area (Å²) in [6.07, 6.45) is 1.95. The third-order valence-electron chi connectivity index (χ3n) is 5.19.